The summed E-state index contributed by atoms with van der Waals surface area (Å²) in [6, 6.07) is 23.1. The number of sulfonamides is 1. The van der Waals surface area contributed by atoms with Gasteiger partial charge in [0, 0.05) is 17.7 Å². The highest BCUT2D eigenvalue weighted by Crippen LogP contribution is 2.29. The number of aromatic nitrogens is 2. The van der Waals surface area contributed by atoms with Crippen molar-refractivity contribution >= 4 is 16.1 Å². The Kier molecular flexibility index (Phi) is 8.86. The molecule has 0 unspecified atom stereocenters. The van der Waals surface area contributed by atoms with Crippen molar-refractivity contribution in [3.63, 3.8) is 0 Å². The average molecular weight is 521 g/mol. The lowest BCUT2D eigenvalue weighted by Gasteiger charge is -2.07. The molecule has 8 nitrogen and oxygen atoms in total. The van der Waals surface area contributed by atoms with E-state index in [9.17, 15) is 18.3 Å². The van der Waals surface area contributed by atoms with Crippen LogP contribution in [0.4, 0.5) is 4.79 Å². The third-order valence-electron chi connectivity index (χ3n) is 5.83. The van der Waals surface area contributed by atoms with Crippen molar-refractivity contribution < 1.29 is 24.1 Å². The van der Waals surface area contributed by atoms with Gasteiger partial charge in [0.25, 0.3) is 10.0 Å². The highest BCUT2D eigenvalue weighted by molar-refractivity contribution is 7.90. The number of nitrogens with one attached hydrogen (secondary N) is 1. The van der Waals surface area contributed by atoms with E-state index in [0.29, 0.717) is 0 Å². The second-order valence-corrected chi connectivity index (χ2v) is 10.5. The Balaban J connectivity index is 0.000000233. The Bertz CT molecular complexity index is 1460. The van der Waals surface area contributed by atoms with E-state index in [1.165, 1.54) is 44.8 Å². The van der Waals surface area contributed by atoms with Gasteiger partial charge in [0.15, 0.2) is 0 Å². The molecule has 0 saturated heterocycles. The standard InChI is InChI=1S/C20H23N3.C8H9NO4S/c1-14-4-8-18(9-5-14)20-15(2)22-23(16(20)3)19-10-6-17(7-11-19)12-13-21;1-6-2-4-7(5-3-6)14(12,13)9-8(10)11/h4-11H,12-13,21H2,1-3H3;2-5,9H,1H3,(H,10,11). The Labute approximate surface area is 217 Å². The van der Waals surface area contributed by atoms with Gasteiger partial charge >= 0.3 is 0 Å². The SMILES string of the molecule is Cc1ccc(-c2c(C)nn(-c3ccc(CC[NH3+])cc3)c2C)cc1.Cc1ccc(S(=O)(=O)NC(=O)[O-])cc1. The highest BCUT2D eigenvalue weighted by Gasteiger charge is 2.15. The van der Waals surface area contributed by atoms with E-state index in [1.807, 2.05) is 4.68 Å². The van der Waals surface area contributed by atoms with Crippen LogP contribution in [0.2, 0.25) is 0 Å². The third kappa shape index (κ3) is 7.05. The zero-order valence-corrected chi connectivity index (χ0v) is 22.3. The predicted octanol–water partition coefficient (Wildman–Crippen LogP) is 2.87. The van der Waals surface area contributed by atoms with Crippen molar-refractivity contribution in [3.8, 4) is 16.8 Å². The smallest absolute Gasteiger partial charge is 0.262 e. The van der Waals surface area contributed by atoms with E-state index in [0.717, 1.165) is 29.9 Å². The lowest BCUT2D eigenvalue weighted by atomic mass is 10.0. The summed E-state index contributed by atoms with van der Waals surface area (Å²) in [7, 11) is -3.99. The van der Waals surface area contributed by atoms with Crippen LogP contribution in [0.25, 0.3) is 16.8 Å². The fourth-order valence-electron chi connectivity index (χ4n) is 3.93. The number of hydrogen-bond acceptors (Lipinski definition) is 5. The van der Waals surface area contributed by atoms with Gasteiger partial charge < -0.3 is 15.6 Å². The van der Waals surface area contributed by atoms with Crippen LogP contribution in [0.5, 0.6) is 0 Å². The lowest BCUT2D eigenvalue weighted by Crippen LogP contribution is -2.51. The fourth-order valence-corrected chi connectivity index (χ4v) is 4.76. The molecule has 4 rings (SSSR count). The second kappa shape index (κ2) is 11.9. The number of rotatable bonds is 6. The molecule has 0 spiro atoms. The topological polar surface area (TPSA) is 132 Å². The summed E-state index contributed by atoms with van der Waals surface area (Å²) in [6.07, 6.45) is -0.822. The number of hydrogen-bond donors (Lipinski definition) is 2. The summed E-state index contributed by atoms with van der Waals surface area (Å²) in [5.74, 6) is 0. The first kappa shape index (κ1) is 27.6. The summed E-state index contributed by atoms with van der Waals surface area (Å²) in [5, 5.41) is 14.8. The molecule has 0 aliphatic rings. The number of aryl methyl sites for hydroxylation is 3. The summed E-state index contributed by atoms with van der Waals surface area (Å²) in [6.45, 7) is 9.05. The maximum atomic E-state index is 11.2. The first-order valence-electron chi connectivity index (χ1n) is 11.8. The molecule has 37 heavy (non-hydrogen) atoms. The van der Waals surface area contributed by atoms with Crippen LogP contribution in [0.3, 0.4) is 0 Å². The number of carbonyl (C=O) groups is 1. The molecule has 9 heteroatoms. The van der Waals surface area contributed by atoms with E-state index in [-0.39, 0.29) is 4.90 Å². The molecule has 1 amide bonds. The fraction of sp³-hybridized carbons (Fsp3) is 0.214. The van der Waals surface area contributed by atoms with Crippen molar-refractivity contribution in [1.82, 2.24) is 14.5 Å². The summed E-state index contributed by atoms with van der Waals surface area (Å²) in [5.41, 5.74) is 13.2. The highest BCUT2D eigenvalue weighted by atomic mass is 32.2. The van der Waals surface area contributed by atoms with Gasteiger partial charge in [-0.15, -0.1) is 0 Å². The number of quaternary nitrogens is 1. The molecule has 194 valence electrons. The Morgan fingerprint density at radius 3 is 1.95 bits per heavy atom. The third-order valence-corrected chi connectivity index (χ3v) is 7.16. The molecule has 0 bridgehead atoms. The van der Waals surface area contributed by atoms with E-state index >= 15 is 0 Å². The maximum absolute atomic E-state index is 11.2. The minimum Gasteiger partial charge on any atom is -0.529 e. The molecule has 3 aromatic carbocycles. The van der Waals surface area contributed by atoms with Crippen LogP contribution in [0, 0.1) is 27.7 Å². The molecule has 1 aromatic heterocycles. The zero-order chi connectivity index (χ0) is 27.2. The van der Waals surface area contributed by atoms with E-state index < -0.39 is 16.1 Å². The van der Waals surface area contributed by atoms with Crippen LogP contribution in [0.15, 0.2) is 77.7 Å². The van der Waals surface area contributed by atoms with Gasteiger partial charge in [-0.05, 0) is 63.1 Å². The van der Waals surface area contributed by atoms with Crippen molar-refractivity contribution in [3.05, 3.63) is 101 Å². The van der Waals surface area contributed by atoms with E-state index in [1.54, 1.807) is 19.1 Å². The Morgan fingerprint density at radius 2 is 1.43 bits per heavy atom. The van der Waals surface area contributed by atoms with Crippen molar-refractivity contribution in [1.29, 1.82) is 0 Å². The van der Waals surface area contributed by atoms with Crippen LogP contribution >= 0.6 is 0 Å². The first-order valence-corrected chi connectivity index (χ1v) is 13.3. The quantitative estimate of drug-likeness (QED) is 0.404. The summed E-state index contributed by atoms with van der Waals surface area (Å²) in [4.78, 5) is 9.95. The van der Waals surface area contributed by atoms with Crippen LogP contribution in [0.1, 0.15) is 28.1 Å². The number of carbonyl (C=O) groups excluding carboxylic acids is 1. The van der Waals surface area contributed by atoms with Crippen LogP contribution < -0.4 is 15.6 Å². The maximum Gasteiger partial charge on any atom is 0.262 e. The second-order valence-electron chi connectivity index (χ2n) is 8.80. The Morgan fingerprint density at radius 1 is 0.892 bits per heavy atom. The van der Waals surface area contributed by atoms with Crippen LogP contribution in [-0.4, -0.2) is 30.8 Å². The van der Waals surface area contributed by atoms with Gasteiger partial charge in [-0.25, -0.2) is 13.1 Å². The molecule has 0 radical (unpaired) electrons. The summed E-state index contributed by atoms with van der Waals surface area (Å²) >= 11 is 0. The largest absolute Gasteiger partial charge is 0.529 e. The zero-order valence-electron chi connectivity index (χ0n) is 21.5. The molecule has 0 atom stereocenters. The molecule has 1 heterocycles. The van der Waals surface area contributed by atoms with E-state index in [2.05, 4.69) is 75.0 Å². The minimum atomic E-state index is -3.99. The number of benzene rings is 3. The molecular formula is C28H32N4O4S. The average Bonchev–Trinajstić information content (AvgIpc) is 3.14. The monoisotopic (exact) mass is 520 g/mol. The first-order chi connectivity index (χ1) is 17.5. The van der Waals surface area contributed by atoms with Gasteiger partial charge in [0.2, 0.25) is 0 Å². The Hall–Kier alpha value is -3.95. The minimum absolute atomic E-state index is 0.104. The number of amides is 1. The normalized spacial score (nSPS) is 10.9. The molecule has 0 aliphatic carbocycles. The molecule has 4 N–H and O–H groups in total. The number of carboxylic acid groups (broad SMARTS) is 1. The van der Waals surface area contributed by atoms with E-state index in [4.69, 9.17) is 5.10 Å². The molecule has 0 fully saturated rings. The van der Waals surface area contributed by atoms with Gasteiger partial charge in [-0.3, -0.25) is 4.72 Å². The van der Waals surface area contributed by atoms with Gasteiger partial charge in [-0.2, -0.15) is 5.10 Å². The van der Waals surface area contributed by atoms with Gasteiger partial charge in [-0.1, -0.05) is 59.7 Å². The predicted molar refractivity (Wildman–Crippen MR) is 142 cm³/mol. The van der Waals surface area contributed by atoms with Crippen molar-refractivity contribution in [2.24, 2.45) is 0 Å². The molecule has 0 saturated carbocycles. The van der Waals surface area contributed by atoms with Crippen molar-refractivity contribution in [2.75, 3.05) is 6.54 Å². The van der Waals surface area contributed by atoms with Crippen LogP contribution in [-0.2, 0) is 16.4 Å². The lowest BCUT2D eigenvalue weighted by molar-refractivity contribution is -0.366. The number of nitrogens with zero attached hydrogens (tertiary/aromatic N) is 2. The molecule has 0 aliphatic heterocycles. The molecule has 4 aromatic rings. The van der Waals surface area contributed by atoms with Gasteiger partial charge in [0.1, 0.15) is 6.09 Å². The molecular weight excluding hydrogens is 488 g/mol. The van der Waals surface area contributed by atoms with Gasteiger partial charge in [0.05, 0.1) is 22.8 Å². The summed E-state index contributed by atoms with van der Waals surface area (Å²) < 4.78 is 25.8. The van der Waals surface area contributed by atoms with Crippen molar-refractivity contribution in [2.45, 2.75) is 39.0 Å².